The largest absolute Gasteiger partial charge is 0.334 e. The molecule has 1 aromatic carbocycles. The molecule has 20 heavy (non-hydrogen) atoms. The molecule has 4 heteroatoms. The molecule has 1 aromatic heterocycles. The van der Waals surface area contributed by atoms with Gasteiger partial charge in [-0.15, -0.1) is 0 Å². The van der Waals surface area contributed by atoms with Gasteiger partial charge in [0.2, 0.25) is 0 Å². The summed E-state index contributed by atoms with van der Waals surface area (Å²) >= 11 is 5.78. The molecule has 0 fully saturated rings. The summed E-state index contributed by atoms with van der Waals surface area (Å²) in [6, 6.07) is 11.5. The Bertz CT molecular complexity index is 625. The van der Waals surface area contributed by atoms with Gasteiger partial charge in [0.25, 0.3) is 5.91 Å². The van der Waals surface area contributed by atoms with Gasteiger partial charge in [-0.25, -0.2) is 4.98 Å². The quantitative estimate of drug-likeness (QED) is 0.794. The molecule has 2 heterocycles. The third-order valence-corrected chi connectivity index (χ3v) is 3.79. The summed E-state index contributed by atoms with van der Waals surface area (Å²) in [5.41, 5.74) is 2.98. The Balaban J connectivity index is 1.84. The van der Waals surface area contributed by atoms with Crippen molar-refractivity contribution in [2.24, 2.45) is 0 Å². The van der Waals surface area contributed by atoms with Crippen LogP contribution in [0.4, 0.5) is 0 Å². The van der Waals surface area contributed by atoms with Crippen molar-refractivity contribution >= 4 is 17.5 Å². The molecular formula is C16H15ClN2O. The van der Waals surface area contributed by atoms with Crippen molar-refractivity contribution < 1.29 is 4.79 Å². The van der Waals surface area contributed by atoms with Crippen molar-refractivity contribution in [1.29, 1.82) is 0 Å². The van der Waals surface area contributed by atoms with Gasteiger partial charge in [-0.2, -0.15) is 0 Å². The van der Waals surface area contributed by atoms with E-state index in [0.717, 1.165) is 36.1 Å². The van der Waals surface area contributed by atoms with Crippen LogP contribution in [0.3, 0.4) is 0 Å². The number of carbonyl (C=O) groups excluding carboxylic acids is 1. The first-order chi connectivity index (χ1) is 9.74. The minimum Gasteiger partial charge on any atom is -0.334 e. The fourth-order valence-electron chi connectivity index (χ4n) is 2.55. The highest BCUT2D eigenvalue weighted by atomic mass is 35.5. The van der Waals surface area contributed by atoms with Gasteiger partial charge >= 0.3 is 0 Å². The van der Waals surface area contributed by atoms with E-state index >= 15 is 0 Å². The number of pyridine rings is 1. The van der Waals surface area contributed by atoms with Crippen LogP contribution in [-0.4, -0.2) is 22.3 Å². The van der Waals surface area contributed by atoms with Crippen molar-refractivity contribution in [3.8, 4) is 0 Å². The van der Waals surface area contributed by atoms with E-state index in [1.54, 1.807) is 12.3 Å². The number of hydrogen-bond donors (Lipinski definition) is 0. The number of halogens is 1. The Hall–Kier alpha value is -1.87. The summed E-state index contributed by atoms with van der Waals surface area (Å²) in [7, 11) is 0. The van der Waals surface area contributed by atoms with E-state index in [0.29, 0.717) is 11.7 Å². The molecule has 0 saturated heterocycles. The monoisotopic (exact) mass is 286 g/mol. The van der Waals surface area contributed by atoms with E-state index in [1.165, 1.54) is 0 Å². The van der Waals surface area contributed by atoms with Gasteiger partial charge in [-0.05, 0) is 36.1 Å². The standard InChI is InChI=1S/C16H15ClN2O/c17-15-8-7-12(10-18-15)11-19-9-3-5-13-4-1-2-6-14(13)16(19)20/h1-2,4,6-8,10H,3,5,9,11H2. The number of carbonyl (C=O) groups is 1. The van der Waals surface area contributed by atoms with Gasteiger partial charge < -0.3 is 4.90 Å². The fourth-order valence-corrected chi connectivity index (χ4v) is 2.66. The zero-order chi connectivity index (χ0) is 13.9. The molecule has 0 spiro atoms. The molecule has 2 aromatic rings. The highest BCUT2D eigenvalue weighted by molar-refractivity contribution is 6.29. The molecule has 3 nitrogen and oxygen atoms in total. The lowest BCUT2D eigenvalue weighted by Crippen LogP contribution is -2.30. The van der Waals surface area contributed by atoms with Crippen LogP contribution in [0.1, 0.15) is 27.9 Å². The molecule has 0 atom stereocenters. The Morgan fingerprint density at radius 3 is 2.85 bits per heavy atom. The lowest BCUT2D eigenvalue weighted by atomic mass is 10.0. The third-order valence-electron chi connectivity index (χ3n) is 3.57. The van der Waals surface area contributed by atoms with E-state index in [4.69, 9.17) is 11.6 Å². The van der Waals surface area contributed by atoms with Crippen molar-refractivity contribution in [1.82, 2.24) is 9.88 Å². The van der Waals surface area contributed by atoms with Crippen LogP contribution in [0, 0.1) is 0 Å². The summed E-state index contributed by atoms with van der Waals surface area (Å²) in [5, 5.41) is 0.473. The van der Waals surface area contributed by atoms with Crippen LogP contribution >= 0.6 is 11.6 Å². The number of amides is 1. The van der Waals surface area contributed by atoms with Crippen LogP contribution in [0.15, 0.2) is 42.6 Å². The molecule has 0 saturated carbocycles. The van der Waals surface area contributed by atoms with Crippen molar-refractivity contribution in [2.45, 2.75) is 19.4 Å². The maximum absolute atomic E-state index is 12.6. The Kier molecular flexibility index (Phi) is 3.70. The topological polar surface area (TPSA) is 33.2 Å². The van der Waals surface area contributed by atoms with Gasteiger partial charge in [0.15, 0.2) is 0 Å². The van der Waals surface area contributed by atoms with E-state index in [9.17, 15) is 4.79 Å². The van der Waals surface area contributed by atoms with Crippen molar-refractivity contribution in [2.75, 3.05) is 6.54 Å². The lowest BCUT2D eigenvalue weighted by Gasteiger charge is -2.20. The Morgan fingerprint density at radius 1 is 1.20 bits per heavy atom. The van der Waals surface area contributed by atoms with Crippen molar-refractivity contribution in [3.05, 3.63) is 64.4 Å². The third kappa shape index (κ3) is 2.68. The molecule has 0 bridgehead atoms. The van der Waals surface area contributed by atoms with E-state index < -0.39 is 0 Å². The number of fused-ring (bicyclic) bond motifs is 1. The van der Waals surface area contributed by atoms with Crippen LogP contribution < -0.4 is 0 Å². The van der Waals surface area contributed by atoms with E-state index in [-0.39, 0.29) is 5.91 Å². The predicted molar refractivity (Wildman–Crippen MR) is 78.8 cm³/mol. The van der Waals surface area contributed by atoms with Crippen LogP contribution in [0.25, 0.3) is 0 Å². The molecule has 1 amide bonds. The number of aryl methyl sites for hydroxylation is 1. The summed E-state index contributed by atoms with van der Waals surface area (Å²) in [6.07, 6.45) is 3.67. The summed E-state index contributed by atoms with van der Waals surface area (Å²) in [4.78, 5) is 18.5. The molecule has 0 aliphatic carbocycles. The smallest absolute Gasteiger partial charge is 0.254 e. The van der Waals surface area contributed by atoms with Gasteiger partial charge in [-0.1, -0.05) is 35.9 Å². The highest BCUT2D eigenvalue weighted by Gasteiger charge is 2.21. The maximum atomic E-state index is 12.6. The second-order valence-electron chi connectivity index (χ2n) is 4.98. The fraction of sp³-hybridized carbons (Fsp3) is 0.250. The second kappa shape index (κ2) is 5.63. The second-order valence-corrected chi connectivity index (χ2v) is 5.36. The summed E-state index contributed by atoms with van der Waals surface area (Å²) < 4.78 is 0. The molecule has 0 unspecified atom stereocenters. The zero-order valence-electron chi connectivity index (χ0n) is 11.1. The number of benzene rings is 1. The molecule has 1 aliphatic heterocycles. The molecule has 3 rings (SSSR count). The van der Waals surface area contributed by atoms with Crippen LogP contribution in [0.5, 0.6) is 0 Å². The minimum absolute atomic E-state index is 0.105. The molecule has 102 valence electrons. The van der Waals surface area contributed by atoms with Crippen molar-refractivity contribution in [3.63, 3.8) is 0 Å². The predicted octanol–water partition coefficient (Wildman–Crippen LogP) is 3.32. The van der Waals surface area contributed by atoms with Gasteiger partial charge in [0.1, 0.15) is 5.15 Å². The van der Waals surface area contributed by atoms with Crippen LogP contribution in [0.2, 0.25) is 5.15 Å². The first-order valence-corrected chi connectivity index (χ1v) is 7.09. The summed E-state index contributed by atoms with van der Waals surface area (Å²) in [5.74, 6) is 0.105. The van der Waals surface area contributed by atoms with E-state index in [1.807, 2.05) is 35.2 Å². The lowest BCUT2D eigenvalue weighted by molar-refractivity contribution is 0.0748. The Labute approximate surface area is 123 Å². The van der Waals surface area contributed by atoms with Gasteiger partial charge in [-0.3, -0.25) is 4.79 Å². The summed E-state index contributed by atoms with van der Waals surface area (Å²) in [6.45, 7) is 1.35. The van der Waals surface area contributed by atoms with Gasteiger partial charge in [0.05, 0.1) is 0 Å². The maximum Gasteiger partial charge on any atom is 0.254 e. The normalized spacial score (nSPS) is 14.8. The molecule has 0 N–H and O–H groups in total. The number of nitrogens with zero attached hydrogens (tertiary/aromatic N) is 2. The van der Waals surface area contributed by atoms with E-state index in [2.05, 4.69) is 4.98 Å². The average Bonchev–Trinajstić information content (AvgIpc) is 2.62. The Morgan fingerprint density at radius 2 is 2.05 bits per heavy atom. The molecule has 0 radical (unpaired) electrons. The van der Waals surface area contributed by atoms with Gasteiger partial charge in [0, 0.05) is 24.8 Å². The van der Waals surface area contributed by atoms with Crippen LogP contribution in [-0.2, 0) is 13.0 Å². The SMILES string of the molecule is O=C1c2ccccc2CCCN1Cc1ccc(Cl)nc1. The minimum atomic E-state index is 0.105. The first-order valence-electron chi connectivity index (χ1n) is 6.71. The number of aromatic nitrogens is 1. The average molecular weight is 287 g/mol. The number of rotatable bonds is 2. The number of hydrogen-bond acceptors (Lipinski definition) is 2. The molecule has 1 aliphatic rings. The highest BCUT2D eigenvalue weighted by Crippen LogP contribution is 2.20. The zero-order valence-corrected chi connectivity index (χ0v) is 11.8. The molecular weight excluding hydrogens is 272 g/mol. The first kappa shape index (κ1) is 13.1.